The van der Waals surface area contributed by atoms with Gasteiger partial charge < -0.3 is 15.0 Å². The molecule has 2 rings (SSSR count). The first-order valence-electron chi connectivity index (χ1n) is 8.64. The summed E-state index contributed by atoms with van der Waals surface area (Å²) in [5, 5.41) is 2.71. The van der Waals surface area contributed by atoms with E-state index < -0.39 is 17.7 Å². The van der Waals surface area contributed by atoms with E-state index in [9.17, 15) is 9.59 Å². The van der Waals surface area contributed by atoms with Crippen molar-refractivity contribution in [3.63, 3.8) is 0 Å². The highest BCUT2D eigenvalue weighted by Gasteiger charge is 2.31. The van der Waals surface area contributed by atoms with Gasteiger partial charge in [-0.2, -0.15) is 0 Å². The zero-order valence-electron chi connectivity index (χ0n) is 15.1. The molecule has 1 fully saturated rings. The van der Waals surface area contributed by atoms with Crippen molar-refractivity contribution >= 4 is 12.0 Å². The number of likely N-dealkylation sites (tertiary alicyclic amines) is 1. The Kier molecular flexibility index (Phi) is 5.86. The highest BCUT2D eigenvalue weighted by Crippen LogP contribution is 2.17. The number of carbonyl (C=O) groups is 2. The maximum atomic E-state index is 12.6. The fraction of sp³-hybridized carbons (Fsp3) is 0.579. The van der Waals surface area contributed by atoms with Gasteiger partial charge in [-0.05, 0) is 51.2 Å². The number of alkyl carbamates (subject to hydrolysis) is 1. The predicted octanol–water partition coefficient (Wildman–Crippen LogP) is 3.26. The van der Waals surface area contributed by atoms with E-state index in [1.54, 1.807) is 0 Å². The molecule has 5 heteroatoms. The standard InChI is InChI=1S/C19H28N2O3/c1-5-14-8-6-9-15(12-14)13-21-11-7-10-16(17(21)22)20-18(23)24-19(2,3)4/h6,8-9,12,16H,5,7,10-11,13H2,1-4H3,(H,20,23). The lowest BCUT2D eigenvalue weighted by Crippen LogP contribution is -2.52. The third-order valence-corrected chi connectivity index (χ3v) is 3.99. The van der Waals surface area contributed by atoms with Crippen LogP contribution < -0.4 is 5.32 Å². The number of hydrogen-bond acceptors (Lipinski definition) is 3. The molecule has 0 aromatic heterocycles. The summed E-state index contributed by atoms with van der Waals surface area (Å²) in [5.41, 5.74) is 1.82. The highest BCUT2D eigenvalue weighted by atomic mass is 16.6. The fourth-order valence-electron chi connectivity index (χ4n) is 2.85. The van der Waals surface area contributed by atoms with Crippen molar-refractivity contribution < 1.29 is 14.3 Å². The number of carbonyl (C=O) groups excluding carboxylic acids is 2. The summed E-state index contributed by atoms with van der Waals surface area (Å²) in [6.07, 6.45) is 1.98. The third-order valence-electron chi connectivity index (χ3n) is 3.99. The number of ether oxygens (including phenoxy) is 1. The van der Waals surface area contributed by atoms with Crippen LogP contribution in [0.4, 0.5) is 4.79 Å². The minimum atomic E-state index is -0.567. The summed E-state index contributed by atoms with van der Waals surface area (Å²) in [6.45, 7) is 8.85. The van der Waals surface area contributed by atoms with E-state index in [0.717, 1.165) is 24.9 Å². The Morgan fingerprint density at radius 1 is 1.33 bits per heavy atom. The molecule has 0 spiro atoms. The lowest BCUT2D eigenvalue weighted by molar-refractivity contribution is -0.136. The SMILES string of the molecule is CCc1cccc(CN2CCCC(NC(=O)OC(C)(C)C)C2=O)c1. The number of amides is 2. The zero-order chi connectivity index (χ0) is 17.7. The molecule has 1 saturated heterocycles. The molecule has 1 aliphatic rings. The van der Waals surface area contributed by atoms with Crippen molar-refractivity contribution in [3.05, 3.63) is 35.4 Å². The topological polar surface area (TPSA) is 58.6 Å². The minimum Gasteiger partial charge on any atom is -0.444 e. The van der Waals surface area contributed by atoms with Crippen molar-refractivity contribution in [2.45, 2.75) is 65.1 Å². The fourth-order valence-corrected chi connectivity index (χ4v) is 2.85. The molecule has 0 bridgehead atoms. The van der Waals surface area contributed by atoms with Crippen molar-refractivity contribution in [2.75, 3.05) is 6.54 Å². The van der Waals surface area contributed by atoms with Crippen molar-refractivity contribution in [1.82, 2.24) is 10.2 Å². The Morgan fingerprint density at radius 3 is 2.71 bits per heavy atom. The molecule has 0 saturated carbocycles. The van der Waals surface area contributed by atoms with Crippen molar-refractivity contribution in [2.24, 2.45) is 0 Å². The van der Waals surface area contributed by atoms with Gasteiger partial charge in [0.05, 0.1) is 0 Å². The summed E-state index contributed by atoms with van der Waals surface area (Å²) in [5.74, 6) is -0.0333. The van der Waals surface area contributed by atoms with E-state index in [-0.39, 0.29) is 5.91 Å². The van der Waals surface area contributed by atoms with E-state index in [1.165, 1.54) is 5.56 Å². The number of rotatable bonds is 4. The van der Waals surface area contributed by atoms with E-state index >= 15 is 0 Å². The second kappa shape index (κ2) is 7.69. The summed E-state index contributed by atoms with van der Waals surface area (Å²) < 4.78 is 5.25. The Labute approximate surface area is 144 Å². The van der Waals surface area contributed by atoms with Crippen LogP contribution in [0, 0.1) is 0 Å². The van der Waals surface area contributed by atoms with E-state index in [1.807, 2.05) is 37.8 Å². The second-order valence-electron chi connectivity index (χ2n) is 7.27. The molecule has 5 nitrogen and oxygen atoms in total. The third kappa shape index (κ3) is 5.25. The molecule has 1 aliphatic heterocycles. The molecule has 132 valence electrons. The van der Waals surface area contributed by atoms with Gasteiger partial charge in [0.15, 0.2) is 0 Å². The Balaban J connectivity index is 1.97. The normalized spacial score (nSPS) is 18.4. The van der Waals surface area contributed by atoms with Gasteiger partial charge in [-0.1, -0.05) is 31.2 Å². The van der Waals surface area contributed by atoms with Crippen LogP contribution in [0.3, 0.4) is 0 Å². The van der Waals surface area contributed by atoms with Crippen LogP contribution in [0.15, 0.2) is 24.3 Å². The second-order valence-corrected chi connectivity index (χ2v) is 7.27. The number of nitrogens with one attached hydrogen (secondary N) is 1. The lowest BCUT2D eigenvalue weighted by atomic mass is 10.0. The number of piperidine rings is 1. The molecule has 24 heavy (non-hydrogen) atoms. The van der Waals surface area contributed by atoms with E-state index in [4.69, 9.17) is 4.74 Å². The molecule has 1 atom stereocenters. The predicted molar refractivity (Wildman–Crippen MR) is 93.6 cm³/mol. The molecule has 1 aromatic rings. The van der Waals surface area contributed by atoms with Gasteiger partial charge in [0, 0.05) is 13.1 Å². The van der Waals surface area contributed by atoms with Gasteiger partial charge >= 0.3 is 6.09 Å². The maximum absolute atomic E-state index is 12.6. The van der Waals surface area contributed by atoms with Crippen LogP contribution in [-0.2, 0) is 22.5 Å². The molecular formula is C19H28N2O3. The van der Waals surface area contributed by atoms with Gasteiger partial charge in [0.1, 0.15) is 11.6 Å². The largest absolute Gasteiger partial charge is 0.444 e. The quantitative estimate of drug-likeness (QED) is 0.920. The first-order chi connectivity index (χ1) is 11.3. The van der Waals surface area contributed by atoms with Gasteiger partial charge in [0.2, 0.25) is 5.91 Å². The van der Waals surface area contributed by atoms with Gasteiger partial charge in [-0.15, -0.1) is 0 Å². The van der Waals surface area contributed by atoms with Crippen LogP contribution in [0.2, 0.25) is 0 Å². The molecule has 0 aliphatic carbocycles. The van der Waals surface area contributed by atoms with E-state index in [0.29, 0.717) is 13.0 Å². The lowest BCUT2D eigenvalue weighted by Gasteiger charge is -2.33. The highest BCUT2D eigenvalue weighted by molar-refractivity contribution is 5.86. The smallest absolute Gasteiger partial charge is 0.408 e. The van der Waals surface area contributed by atoms with E-state index in [2.05, 4.69) is 24.4 Å². The monoisotopic (exact) mass is 332 g/mol. The Morgan fingerprint density at radius 2 is 2.04 bits per heavy atom. The molecule has 1 aromatic carbocycles. The zero-order valence-corrected chi connectivity index (χ0v) is 15.1. The van der Waals surface area contributed by atoms with Crippen molar-refractivity contribution in [3.8, 4) is 0 Å². The average Bonchev–Trinajstić information content (AvgIpc) is 2.49. The molecule has 1 N–H and O–H groups in total. The Bertz CT molecular complexity index is 593. The minimum absolute atomic E-state index is 0.0333. The van der Waals surface area contributed by atoms with Crippen LogP contribution in [0.1, 0.15) is 51.7 Å². The molecular weight excluding hydrogens is 304 g/mol. The van der Waals surface area contributed by atoms with Crippen LogP contribution in [0.25, 0.3) is 0 Å². The molecule has 1 heterocycles. The van der Waals surface area contributed by atoms with Crippen LogP contribution in [-0.4, -0.2) is 35.1 Å². The molecule has 0 radical (unpaired) electrons. The van der Waals surface area contributed by atoms with Crippen molar-refractivity contribution in [1.29, 1.82) is 0 Å². The summed E-state index contributed by atoms with van der Waals surface area (Å²) >= 11 is 0. The number of aryl methyl sites for hydroxylation is 1. The number of benzene rings is 1. The van der Waals surface area contributed by atoms with Gasteiger partial charge in [-0.3, -0.25) is 4.79 Å². The van der Waals surface area contributed by atoms with Gasteiger partial charge in [-0.25, -0.2) is 4.79 Å². The first-order valence-corrected chi connectivity index (χ1v) is 8.64. The number of nitrogens with zero attached hydrogens (tertiary/aromatic N) is 1. The summed E-state index contributed by atoms with van der Waals surface area (Å²) in [6, 6.07) is 7.80. The van der Waals surface area contributed by atoms with Gasteiger partial charge in [0.25, 0.3) is 0 Å². The number of hydrogen-bond donors (Lipinski definition) is 1. The van der Waals surface area contributed by atoms with Crippen LogP contribution in [0.5, 0.6) is 0 Å². The summed E-state index contributed by atoms with van der Waals surface area (Å²) in [7, 11) is 0. The Hall–Kier alpha value is -2.04. The maximum Gasteiger partial charge on any atom is 0.408 e. The summed E-state index contributed by atoms with van der Waals surface area (Å²) in [4.78, 5) is 26.4. The molecule has 2 amide bonds. The van der Waals surface area contributed by atoms with Crippen LogP contribution >= 0.6 is 0 Å². The first kappa shape index (κ1) is 18.3. The molecule has 1 unspecified atom stereocenters. The average molecular weight is 332 g/mol.